The Morgan fingerprint density at radius 2 is 1.80 bits per heavy atom. The number of aliphatic imine (C=N–C) groups is 2. The van der Waals surface area contributed by atoms with Crippen LogP contribution >= 0.6 is 23.5 Å². The summed E-state index contributed by atoms with van der Waals surface area (Å²) in [5.41, 5.74) is 4.89. The van der Waals surface area contributed by atoms with Gasteiger partial charge in [-0.25, -0.2) is 4.39 Å². The van der Waals surface area contributed by atoms with Gasteiger partial charge in [-0.15, -0.1) is 0 Å². The summed E-state index contributed by atoms with van der Waals surface area (Å²) in [7, 11) is 0. The highest BCUT2D eigenvalue weighted by atomic mass is 35.5. The van der Waals surface area contributed by atoms with Gasteiger partial charge in [-0.2, -0.15) is 0 Å². The van der Waals surface area contributed by atoms with Crippen LogP contribution in [0.5, 0.6) is 0 Å². The number of halogens is 2. The summed E-state index contributed by atoms with van der Waals surface area (Å²) in [4.78, 5) is 9.74. The fourth-order valence-corrected chi connectivity index (χ4v) is 6.07. The van der Waals surface area contributed by atoms with E-state index in [1.807, 2.05) is 42.6 Å². The van der Waals surface area contributed by atoms with Gasteiger partial charge in [0, 0.05) is 22.7 Å². The molecule has 3 N–H and O–H groups in total. The van der Waals surface area contributed by atoms with Crippen molar-refractivity contribution in [2.75, 3.05) is 24.5 Å². The van der Waals surface area contributed by atoms with Crippen LogP contribution in [0.25, 0.3) is 11.1 Å². The van der Waals surface area contributed by atoms with Gasteiger partial charge < -0.3 is 10.0 Å². The van der Waals surface area contributed by atoms with Crippen molar-refractivity contribution in [2.24, 2.45) is 9.98 Å². The van der Waals surface area contributed by atoms with Crippen LogP contribution in [0.2, 0.25) is 5.02 Å². The van der Waals surface area contributed by atoms with Crippen molar-refractivity contribution in [1.29, 1.82) is 0 Å². The fraction of sp³-hybridized carbons (Fsp3) is 0.394. The van der Waals surface area contributed by atoms with E-state index in [4.69, 9.17) is 11.6 Å². The van der Waals surface area contributed by atoms with Crippen LogP contribution in [-0.2, 0) is 6.42 Å². The zero-order valence-electron chi connectivity index (χ0n) is 23.9. The summed E-state index contributed by atoms with van der Waals surface area (Å²) < 4.78 is 18.1. The largest absolute Gasteiger partial charge is 0.323 e. The molecule has 1 saturated carbocycles. The summed E-state index contributed by atoms with van der Waals surface area (Å²) in [6.07, 6.45) is 11.8. The first-order valence-corrected chi connectivity index (χ1v) is 15.8. The molecular formula is C33H41ClFN5S. The molecule has 3 aromatic carbocycles. The van der Waals surface area contributed by atoms with E-state index in [0.717, 1.165) is 39.3 Å². The Hall–Kier alpha value is -2.71. The van der Waals surface area contributed by atoms with Crippen LogP contribution < -0.4 is 15.4 Å². The lowest BCUT2D eigenvalue weighted by molar-refractivity contribution is 0.378. The molecule has 1 aliphatic carbocycles. The van der Waals surface area contributed by atoms with Crippen LogP contribution in [-0.4, -0.2) is 38.7 Å². The van der Waals surface area contributed by atoms with Crippen molar-refractivity contribution in [3.05, 3.63) is 76.6 Å². The van der Waals surface area contributed by atoms with Gasteiger partial charge in [0.05, 0.1) is 23.1 Å². The number of nitrogens with zero attached hydrogens (tertiary/aromatic N) is 2. The Morgan fingerprint density at radius 1 is 1.02 bits per heavy atom. The van der Waals surface area contributed by atoms with Gasteiger partial charge in [0.1, 0.15) is 5.82 Å². The van der Waals surface area contributed by atoms with Crippen molar-refractivity contribution in [3.8, 4) is 11.1 Å². The lowest BCUT2D eigenvalue weighted by atomic mass is 9.96. The van der Waals surface area contributed by atoms with E-state index in [9.17, 15) is 0 Å². The molecular weight excluding hydrogens is 553 g/mol. The first kappa shape index (κ1) is 31.2. The number of anilines is 1. The number of hydrogen-bond acceptors (Lipinski definition) is 6. The minimum absolute atomic E-state index is 0.331. The molecule has 8 heteroatoms. The molecule has 1 heterocycles. The van der Waals surface area contributed by atoms with Crippen LogP contribution in [0.3, 0.4) is 0 Å². The topological polar surface area (TPSA) is 60.8 Å². The minimum Gasteiger partial charge on any atom is -0.323 e. The highest BCUT2D eigenvalue weighted by molar-refractivity contribution is 8.00. The van der Waals surface area contributed by atoms with Crippen molar-refractivity contribution < 1.29 is 4.39 Å². The number of rotatable bonds is 10. The molecule has 2 aliphatic rings. The second-order valence-corrected chi connectivity index (χ2v) is 11.6. The molecule has 0 radical (unpaired) electrons. The Bertz CT molecular complexity index is 1300. The first-order chi connectivity index (χ1) is 20.1. The van der Waals surface area contributed by atoms with Crippen molar-refractivity contribution in [2.45, 2.75) is 69.2 Å². The number of aryl methyl sites for hydroxylation is 1. The molecule has 0 unspecified atom stereocenters. The van der Waals surface area contributed by atoms with Crippen molar-refractivity contribution in [1.82, 2.24) is 10.6 Å². The van der Waals surface area contributed by atoms with Gasteiger partial charge in [0.15, 0.2) is 0 Å². The standard InChI is InChI=1S/C29H32ClFN4S.C4H9N/c1-3-20-15-22(16-23(29(20)32-2)18-33-19-34-24-9-5-4-6-10-24)21-13-14-27(26(31)17-21)35-36-28-12-8-7-11-25(28)30;1-2-4-5-3-1/h7-8,11-18,24,34-35H,2-6,9-10,19H2,1H3;5H,1-4H2/b33-18-;. The monoisotopic (exact) mass is 593 g/mol. The molecule has 3 aromatic rings. The van der Waals surface area contributed by atoms with E-state index in [0.29, 0.717) is 23.4 Å². The second kappa shape index (κ2) is 16.7. The molecule has 41 heavy (non-hydrogen) atoms. The number of nitrogens with one attached hydrogen (secondary N) is 3. The SMILES string of the molecule is C1CCNC1.C=Nc1c(/C=N\CNC2CCCCC2)cc(-c2ccc(NSc3ccccc3Cl)c(F)c2)cc1CC. The lowest BCUT2D eigenvalue weighted by Gasteiger charge is -2.21. The highest BCUT2D eigenvalue weighted by Crippen LogP contribution is 2.34. The molecule has 0 amide bonds. The van der Waals surface area contributed by atoms with Crippen LogP contribution in [0.1, 0.15) is 63.0 Å². The molecule has 218 valence electrons. The Morgan fingerprint density at radius 3 is 2.46 bits per heavy atom. The normalized spacial score (nSPS) is 15.5. The zero-order valence-corrected chi connectivity index (χ0v) is 25.5. The smallest absolute Gasteiger partial charge is 0.147 e. The third-order valence-corrected chi connectivity index (χ3v) is 8.77. The van der Waals surface area contributed by atoms with Crippen molar-refractivity contribution >= 4 is 47.9 Å². The summed E-state index contributed by atoms with van der Waals surface area (Å²) in [6.45, 7) is 8.93. The average Bonchev–Trinajstić information content (AvgIpc) is 3.60. The van der Waals surface area contributed by atoms with E-state index in [2.05, 4.69) is 45.0 Å². The molecule has 5 nitrogen and oxygen atoms in total. The minimum atomic E-state index is -0.331. The van der Waals surface area contributed by atoms with Crippen molar-refractivity contribution in [3.63, 3.8) is 0 Å². The second-order valence-electron chi connectivity index (χ2n) is 10.4. The molecule has 1 aliphatic heterocycles. The van der Waals surface area contributed by atoms with Gasteiger partial charge in [-0.1, -0.05) is 56.0 Å². The fourth-order valence-electron chi connectivity index (χ4n) is 5.12. The summed E-state index contributed by atoms with van der Waals surface area (Å²) in [5.74, 6) is -0.331. The zero-order chi connectivity index (χ0) is 28.9. The van der Waals surface area contributed by atoms with Gasteiger partial charge in [-0.05, 0) is 117 Å². The highest BCUT2D eigenvalue weighted by Gasteiger charge is 2.13. The van der Waals surface area contributed by atoms with Gasteiger partial charge in [0.25, 0.3) is 0 Å². The molecule has 0 bridgehead atoms. The summed E-state index contributed by atoms with van der Waals surface area (Å²) in [5, 5.41) is 7.38. The number of hydrogen-bond donors (Lipinski definition) is 3. The number of benzene rings is 3. The quantitative estimate of drug-likeness (QED) is 0.162. The van der Waals surface area contributed by atoms with E-state index in [1.165, 1.54) is 70.0 Å². The molecule has 0 spiro atoms. The molecule has 1 saturated heterocycles. The molecule has 5 rings (SSSR count). The van der Waals surface area contributed by atoms with E-state index in [-0.39, 0.29) is 5.82 Å². The molecule has 0 atom stereocenters. The van der Waals surface area contributed by atoms with Crippen LogP contribution in [0, 0.1) is 5.82 Å². The van der Waals surface area contributed by atoms with E-state index < -0.39 is 0 Å². The predicted octanol–water partition coefficient (Wildman–Crippen LogP) is 8.83. The first-order valence-electron chi connectivity index (χ1n) is 14.6. The van der Waals surface area contributed by atoms with Gasteiger partial charge in [-0.3, -0.25) is 15.3 Å². The summed E-state index contributed by atoms with van der Waals surface area (Å²) >= 11 is 7.49. The van der Waals surface area contributed by atoms with Crippen LogP contribution in [0.15, 0.2) is 69.5 Å². The maximum Gasteiger partial charge on any atom is 0.147 e. The third-order valence-electron chi connectivity index (χ3n) is 7.43. The Balaban J connectivity index is 0.000000699. The van der Waals surface area contributed by atoms with E-state index >= 15 is 4.39 Å². The van der Waals surface area contributed by atoms with Gasteiger partial charge in [0.2, 0.25) is 0 Å². The Labute approximate surface area is 253 Å². The third kappa shape index (κ3) is 9.40. The maximum atomic E-state index is 15.0. The maximum absolute atomic E-state index is 15.0. The van der Waals surface area contributed by atoms with Crippen LogP contribution in [0.4, 0.5) is 15.8 Å². The Kier molecular flexibility index (Phi) is 12.7. The molecule has 0 aromatic heterocycles. The molecule has 2 fully saturated rings. The van der Waals surface area contributed by atoms with E-state index in [1.54, 1.807) is 12.1 Å². The summed E-state index contributed by atoms with van der Waals surface area (Å²) in [6, 6.07) is 17.3. The lowest BCUT2D eigenvalue weighted by Crippen LogP contribution is -2.31. The average molecular weight is 594 g/mol. The van der Waals surface area contributed by atoms with Gasteiger partial charge >= 0.3 is 0 Å². The predicted molar refractivity (Wildman–Crippen MR) is 176 cm³/mol.